The van der Waals surface area contributed by atoms with E-state index in [4.69, 9.17) is 0 Å². The molecule has 146 valence electrons. The second-order valence-electron chi connectivity index (χ2n) is 7.35. The van der Waals surface area contributed by atoms with Gasteiger partial charge in [0.05, 0.1) is 12.2 Å². The Bertz CT molecular complexity index is 886. The summed E-state index contributed by atoms with van der Waals surface area (Å²) in [6.45, 7) is 6.72. The van der Waals surface area contributed by atoms with Crippen molar-refractivity contribution in [1.29, 1.82) is 0 Å². The third-order valence-electron chi connectivity index (χ3n) is 4.97. The van der Waals surface area contributed by atoms with Gasteiger partial charge in [-0.25, -0.2) is 9.67 Å². The van der Waals surface area contributed by atoms with Crippen molar-refractivity contribution < 1.29 is 4.79 Å². The first kappa shape index (κ1) is 19.8. The van der Waals surface area contributed by atoms with Crippen molar-refractivity contribution in [2.24, 2.45) is 0 Å². The van der Waals surface area contributed by atoms with Crippen LogP contribution in [0.1, 0.15) is 43.9 Å². The SMILES string of the molecule is CC(C)c1ccc(NC(=O)CN(C)C(C)c2ccc(-n3cncn3)cc2)cc1. The molecule has 0 saturated heterocycles. The molecule has 0 radical (unpaired) electrons. The number of aromatic nitrogens is 3. The molecule has 28 heavy (non-hydrogen) atoms. The van der Waals surface area contributed by atoms with Crippen LogP contribution < -0.4 is 5.32 Å². The fourth-order valence-electron chi connectivity index (χ4n) is 3.02. The number of likely N-dealkylation sites (N-methyl/N-ethyl adjacent to an activating group) is 1. The maximum Gasteiger partial charge on any atom is 0.238 e. The highest BCUT2D eigenvalue weighted by Gasteiger charge is 2.15. The Kier molecular flexibility index (Phi) is 6.21. The Morgan fingerprint density at radius 1 is 1.04 bits per heavy atom. The Morgan fingerprint density at radius 2 is 1.68 bits per heavy atom. The molecule has 0 aliphatic carbocycles. The molecule has 0 fully saturated rings. The van der Waals surface area contributed by atoms with E-state index >= 15 is 0 Å². The van der Waals surface area contributed by atoms with Gasteiger partial charge in [0.2, 0.25) is 5.91 Å². The van der Waals surface area contributed by atoms with Crippen molar-refractivity contribution in [3.63, 3.8) is 0 Å². The quantitative estimate of drug-likeness (QED) is 0.675. The molecule has 0 aliphatic heterocycles. The fraction of sp³-hybridized carbons (Fsp3) is 0.318. The second kappa shape index (κ2) is 8.80. The zero-order valence-corrected chi connectivity index (χ0v) is 16.8. The summed E-state index contributed by atoms with van der Waals surface area (Å²) in [5, 5.41) is 7.11. The third kappa shape index (κ3) is 4.84. The molecule has 6 nitrogen and oxygen atoms in total. The number of hydrogen-bond donors (Lipinski definition) is 1. The first-order chi connectivity index (χ1) is 13.4. The number of benzene rings is 2. The van der Waals surface area contributed by atoms with Crippen LogP contribution in [0.2, 0.25) is 0 Å². The molecular weight excluding hydrogens is 350 g/mol. The van der Waals surface area contributed by atoms with E-state index in [2.05, 4.69) is 60.4 Å². The van der Waals surface area contributed by atoms with Crippen molar-refractivity contribution in [3.8, 4) is 5.69 Å². The minimum absolute atomic E-state index is 0.0223. The number of nitrogens with one attached hydrogen (secondary N) is 1. The number of carbonyl (C=O) groups is 1. The van der Waals surface area contributed by atoms with E-state index in [1.807, 2.05) is 36.2 Å². The van der Waals surface area contributed by atoms with E-state index in [-0.39, 0.29) is 11.9 Å². The van der Waals surface area contributed by atoms with Gasteiger partial charge < -0.3 is 5.32 Å². The maximum atomic E-state index is 12.4. The highest BCUT2D eigenvalue weighted by atomic mass is 16.2. The minimum atomic E-state index is -0.0223. The van der Waals surface area contributed by atoms with Gasteiger partial charge in [0.25, 0.3) is 0 Å². The second-order valence-corrected chi connectivity index (χ2v) is 7.35. The molecule has 3 rings (SSSR count). The molecule has 1 aromatic heterocycles. The van der Waals surface area contributed by atoms with Crippen molar-refractivity contribution in [3.05, 3.63) is 72.3 Å². The average Bonchev–Trinajstić information content (AvgIpc) is 3.22. The van der Waals surface area contributed by atoms with Crippen LogP contribution in [-0.4, -0.2) is 39.2 Å². The van der Waals surface area contributed by atoms with Gasteiger partial charge in [0.15, 0.2) is 0 Å². The lowest BCUT2D eigenvalue weighted by Gasteiger charge is -2.24. The van der Waals surface area contributed by atoms with Crippen molar-refractivity contribution >= 4 is 11.6 Å². The molecular formula is C22H27N5O. The zero-order chi connectivity index (χ0) is 20.1. The molecule has 1 heterocycles. The summed E-state index contributed by atoms with van der Waals surface area (Å²) in [4.78, 5) is 18.4. The lowest BCUT2D eigenvalue weighted by Crippen LogP contribution is -2.32. The monoisotopic (exact) mass is 377 g/mol. The Labute approximate surface area is 166 Å². The van der Waals surface area contributed by atoms with Crippen LogP contribution >= 0.6 is 0 Å². The number of rotatable bonds is 7. The number of carbonyl (C=O) groups excluding carboxylic acids is 1. The van der Waals surface area contributed by atoms with Crippen LogP contribution in [0.5, 0.6) is 0 Å². The summed E-state index contributed by atoms with van der Waals surface area (Å²) in [6, 6.07) is 16.3. The molecule has 1 N–H and O–H groups in total. The van der Waals surface area contributed by atoms with Crippen molar-refractivity contribution in [1.82, 2.24) is 19.7 Å². The van der Waals surface area contributed by atoms with E-state index < -0.39 is 0 Å². The molecule has 1 atom stereocenters. The highest BCUT2D eigenvalue weighted by molar-refractivity contribution is 5.92. The summed E-state index contributed by atoms with van der Waals surface area (Å²) in [5.41, 5.74) is 4.19. The average molecular weight is 377 g/mol. The van der Waals surface area contributed by atoms with E-state index in [1.165, 1.54) is 11.9 Å². The molecule has 1 amide bonds. The highest BCUT2D eigenvalue weighted by Crippen LogP contribution is 2.21. The summed E-state index contributed by atoms with van der Waals surface area (Å²) in [5.74, 6) is 0.457. The predicted octanol–water partition coefficient (Wildman–Crippen LogP) is 4.02. The van der Waals surface area contributed by atoms with Gasteiger partial charge in [-0.1, -0.05) is 38.1 Å². The molecule has 2 aromatic carbocycles. The standard InChI is InChI=1S/C22H27N5O/c1-16(2)18-5-9-20(10-6-18)25-22(28)13-26(4)17(3)19-7-11-21(12-8-19)27-15-23-14-24-27/h5-12,14-17H,13H2,1-4H3,(H,25,28). The van der Waals surface area contributed by atoms with Crippen LogP contribution in [0.25, 0.3) is 5.69 Å². The van der Waals surface area contributed by atoms with E-state index in [0.717, 1.165) is 16.9 Å². The molecule has 3 aromatic rings. The zero-order valence-electron chi connectivity index (χ0n) is 16.8. The minimum Gasteiger partial charge on any atom is -0.325 e. The summed E-state index contributed by atoms with van der Waals surface area (Å²) < 4.78 is 1.72. The van der Waals surface area contributed by atoms with Gasteiger partial charge in [-0.2, -0.15) is 5.10 Å². The first-order valence-electron chi connectivity index (χ1n) is 9.49. The van der Waals surface area contributed by atoms with E-state index in [9.17, 15) is 4.79 Å². The van der Waals surface area contributed by atoms with Crippen molar-refractivity contribution in [2.75, 3.05) is 18.9 Å². The van der Waals surface area contributed by atoms with E-state index in [1.54, 1.807) is 11.0 Å². The van der Waals surface area contributed by atoms with Gasteiger partial charge in [-0.15, -0.1) is 0 Å². The Balaban J connectivity index is 1.57. The fourth-order valence-corrected chi connectivity index (χ4v) is 3.02. The normalized spacial score (nSPS) is 12.4. The Hall–Kier alpha value is -2.99. The largest absolute Gasteiger partial charge is 0.325 e. The summed E-state index contributed by atoms with van der Waals surface area (Å²) in [6.07, 6.45) is 3.18. The molecule has 0 spiro atoms. The number of hydrogen-bond acceptors (Lipinski definition) is 4. The summed E-state index contributed by atoms with van der Waals surface area (Å²) in [7, 11) is 1.96. The van der Waals surface area contributed by atoms with Crippen LogP contribution in [0, 0.1) is 0 Å². The lowest BCUT2D eigenvalue weighted by molar-refractivity contribution is -0.117. The smallest absolute Gasteiger partial charge is 0.238 e. The topological polar surface area (TPSA) is 63.1 Å². The van der Waals surface area contributed by atoms with Crippen LogP contribution in [0.3, 0.4) is 0 Å². The number of nitrogens with zero attached hydrogens (tertiary/aromatic N) is 4. The number of anilines is 1. The predicted molar refractivity (Wildman–Crippen MR) is 112 cm³/mol. The van der Waals surface area contributed by atoms with Crippen LogP contribution in [0.4, 0.5) is 5.69 Å². The van der Waals surface area contributed by atoms with Gasteiger partial charge >= 0.3 is 0 Å². The Morgan fingerprint density at radius 3 is 2.25 bits per heavy atom. The molecule has 0 bridgehead atoms. The van der Waals surface area contributed by atoms with Crippen molar-refractivity contribution in [2.45, 2.75) is 32.7 Å². The molecule has 6 heteroatoms. The van der Waals surface area contributed by atoms with Gasteiger partial charge in [-0.3, -0.25) is 9.69 Å². The molecule has 1 unspecified atom stereocenters. The van der Waals surface area contributed by atoms with Crippen LogP contribution in [-0.2, 0) is 4.79 Å². The number of amides is 1. The first-order valence-corrected chi connectivity index (χ1v) is 9.49. The molecule has 0 aliphatic rings. The van der Waals surface area contributed by atoms with E-state index in [0.29, 0.717) is 12.5 Å². The van der Waals surface area contributed by atoms with Gasteiger partial charge in [0.1, 0.15) is 12.7 Å². The maximum absolute atomic E-state index is 12.4. The van der Waals surface area contributed by atoms with Gasteiger partial charge in [0, 0.05) is 11.7 Å². The summed E-state index contributed by atoms with van der Waals surface area (Å²) >= 11 is 0. The van der Waals surface area contributed by atoms with Gasteiger partial charge in [-0.05, 0) is 55.3 Å². The third-order valence-corrected chi connectivity index (χ3v) is 4.97. The van der Waals surface area contributed by atoms with Crippen LogP contribution in [0.15, 0.2) is 61.2 Å². The lowest BCUT2D eigenvalue weighted by atomic mass is 10.0. The molecule has 0 saturated carbocycles.